The number of hydrogen-bond acceptors (Lipinski definition) is 2. The Morgan fingerprint density at radius 2 is 2.06 bits per heavy atom. The first-order valence-electron chi connectivity index (χ1n) is 6.64. The van der Waals surface area contributed by atoms with Crippen molar-refractivity contribution in [3.8, 4) is 0 Å². The van der Waals surface area contributed by atoms with Crippen molar-refractivity contribution in [3.05, 3.63) is 41.5 Å². The maximum Gasteiger partial charge on any atom is 0.194 e. The van der Waals surface area contributed by atoms with Crippen LogP contribution in [0.3, 0.4) is 0 Å². The van der Waals surface area contributed by atoms with Gasteiger partial charge >= 0.3 is 0 Å². The van der Waals surface area contributed by atoms with E-state index < -0.39 is 0 Å². The molecular weight excluding hydrogens is 240 g/mol. The van der Waals surface area contributed by atoms with E-state index in [2.05, 4.69) is 32.1 Å². The van der Waals surface area contributed by atoms with Crippen LogP contribution < -0.4 is 0 Å². The molecule has 0 saturated heterocycles. The quantitative estimate of drug-likeness (QED) is 0.551. The molecule has 0 aliphatic heterocycles. The van der Waals surface area contributed by atoms with Gasteiger partial charge in [0, 0.05) is 11.3 Å². The number of carbonyl (C=O) groups excluding carboxylic acids is 1. The topological polar surface area (TPSA) is 17.1 Å². The Labute approximate surface area is 114 Å². The lowest BCUT2D eigenvalue weighted by molar-refractivity contribution is -0.110. The molecule has 2 rings (SSSR count). The minimum absolute atomic E-state index is 0.278. The maximum atomic E-state index is 11.9. The van der Waals surface area contributed by atoms with Crippen LogP contribution in [-0.2, 0) is 4.79 Å². The average molecular weight is 260 g/mol. The normalized spacial score (nSPS) is 13.8. The fraction of sp³-hybridized carbons (Fsp3) is 0.438. The van der Waals surface area contributed by atoms with E-state index in [9.17, 15) is 4.79 Å². The van der Waals surface area contributed by atoms with Gasteiger partial charge in [-0.1, -0.05) is 55.5 Å². The summed E-state index contributed by atoms with van der Waals surface area (Å²) < 4.78 is 0. The van der Waals surface area contributed by atoms with Gasteiger partial charge in [0.25, 0.3) is 0 Å². The second kappa shape index (κ2) is 6.24. The monoisotopic (exact) mass is 260 g/mol. The molecule has 1 fully saturated rings. The summed E-state index contributed by atoms with van der Waals surface area (Å²) in [5.74, 6) is 0.468. The predicted octanol–water partition coefficient (Wildman–Crippen LogP) is 4.93. The highest BCUT2D eigenvalue weighted by molar-refractivity contribution is 8.13. The molecule has 1 aliphatic rings. The van der Waals surface area contributed by atoms with E-state index in [0.717, 1.165) is 11.3 Å². The number of hydrogen-bond donors (Lipinski definition) is 0. The molecule has 96 valence electrons. The van der Waals surface area contributed by atoms with E-state index in [0.29, 0.717) is 12.3 Å². The molecule has 2 heteroatoms. The lowest BCUT2D eigenvalue weighted by Gasteiger charge is -2.10. The summed E-state index contributed by atoms with van der Waals surface area (Å²) in [5.41, 5.74) is 2.80. The number of carbonyl (C=O) groups is 1. The highest BCUT2D eigenvalue weighted by Gasteiger charge is 2.12. The molecule has 0 unspecified atom stereocenters. The summed E-state index contributed by atoms with van der Waals surface area (Å²) in [6, 6.07) is 8.22. The van der Waals surface area contributed by atoms with E-state index in [1.54, 1.807) is 0 Å². The van der Waals surface area contributed by atoms with Crippen molar-refractivity contribution in [1.29, 1.82) is 0 Å². The molecule has 0 aromatic heterocycles. The van der Waals surface area contributed by atoms with Crippen LogP contribution in [-0.4, -0.2) is 5.12 Å². The van der Waals surface area contributed by atoms with E-state index in [-0.39, 0.29) is 5.12 Å². The van der Waals surface area contributed by atoms with Crippen LogP contribution in [0.2, 0.25) is 0 Å². The van der Waals surface area contributed by atoms with Gasteiger partial charge in [-0.05, 0) is 36.8 Å². The van der Waals surface area contributed by atoms with Crippen molar-refractivity contribution in [2.24, 2.45) is 0 Å². The largest absolute Gasteiger partial charge is 0.287 e. The van der Waals surface area contributed by atoms with Crippen molar-refractivity contribution in [1.82, 2.24) is 0 Å². The summed E-state index contributed by atoms with van der Waals surface area (Å²) in [4.78, 5) is 13.0. The average Bonchev–Trinajstić information content (AvgIpc) is 3.13. The minimum Gasteiger partial charge on any atom is -0.287 e. The van der Waals surface area contributed by atoms with E-state index >= 15 is 0 Å². The number of allylic oxidation sites excluding steroid dienone is 2. The van der Waals surface area contributed by atoms with Gasteiger partial charge in [-0.3, -0.25) is 4.79 Å². The molecule has 0 radical (unpaired) electrons. The summed E-state index contributed by atoms with van der Waals surface area (Å²) >= 11 is 1.40. The first kappa shape index (κ1) is 13.4. The summed E-state index contributed by atoms with van der Waals surface area (Å²) in [5, 5.41) is 0.278. The zero-order chi connectivity index (χ0) is 13.0. The standard InChI is InChI=1S/C16H20OS/c1-12(2)14-7-3-4-8-15(14)18-16(17)9-5-6-13-10-11-13/h3-4,6-8,12H,5,9-11H2,1-2H3. The first-order chi connectivity index (χ1) is 8.66. The smallest absolute Gasteiger partial charge is 0.194 e. The lowest BCUT2D eigenvalue weighted by atomic mass is 10.0. The van der Waals surface area contributed by atoms with Crippen molar-refractivity contribution < 1.29 is 4.79 Å². The zero-order valence-electron chi connectivity index (χ0n) is 11.1. The first-order valence-corrected chi connectivity index (χ1v) is 7.46. The Hall–Kier alpha value is -1.02. The van der Waals surface area contributed by atoms with Crippen molar-refractivity contribution in [3.63, 3.8) is 0 Å². The van der Waals surface area contributed by atoms with Gasteiger partial charge in [0.2, 0.25) is 0 Å². The Morgan fingerprint density at radius 3 is 2.72 bits per heavy atom. The van der Waals surface area contributed by atoms with Crippen molar-refractivity contribution in [2.45, 2.75) is 50.3 Å². The molecule has 1 nitrogen and oxygen atoms in total. The van der Waals surface area contributed by atoms with E-state index in [1.165, 1.54) is 35.7 Å². The molecular formula is C16H20OS. The lowest BCUT2D eigenvalue weighted by Crippen LogP contribution is -1.95. The zero-order valence-corrected chi connectivity index (χ0v) is 11.9. The molecule has 18 heavy (non-hydrogen) atoms. The Bertz CT molecular complexity index is 454. The van der Waals surface area contributed by atoms with Crippen molar-refractivity contribution in [2.75, 3.05) is 0 Å². The fourth-order valence-electron chi connectivity index (χ4n) is 1.89. The summed E-state index contributed by atoms with van der Waals surface area (Å²) in [6.45, 7) is 4.34. The van der Waals surface area contributed by atoms with Gasteiger partial charge in [-0.25, -0.2) is 0 Å². The molecule has 0 bridgehead atoms. The summed E-state index contributed by atoms with van der Waals surface area (Å²) in [6.07, 6.45) is 6.29. The number of rotatable bonds is 5. The van der Waals surface area contributed by atoms with Gasteiger partial charge < -0.3 is 0 Å². The van der Waals surface area contributed by atoms with Gasteiger partial charge in [0.1, 0.15) is 0 Å². The van der Waals surface area contributed by atoms with E-state index in [4.69, 9.17) is 0 Å². The highest BCUT2D eigenvalue weighted by atomic mass is 32.2. The Morgan fingerprint density at radius 1 is 1.33 bits per heavy atom. The molecule has 0 N–H and O–H groups in total. The molecule has 1 aliphatic carbocycles. The van der Waals surface area contributed by atoms with Crippen LogP contribution >= 0.6 is 11.8 Å². The predicted molar refractivity (Wildman–Crippen MR) is 77.9 cm³/mol. The molecule has 1 aromatic rings. The van der Waals surface area contributed by atoms with Crippen LogP contribution in [0.1, 0.15) is 51.0 Å². The number of thioether (sulfide) groups is 1. The van der Waals surface area contributed by atoms with Crippen molar-refractivity contribution >= 4 is 16.9 Å². The molecule has 0 heterocycles. The third-order valence-electron chi connectivity index (χ3n) is 3.08. The molecule has 0 atom stereocenters. The van der Waals surface area contributed by atoms with Crippen LogP contribution in [0.25, 0.3) is 0 Å². The number of benzene rings is 1. The highest BCUT2D eigenvalue weighted by Crippen LogP contribution is 2.31. The minimum atomic E-state index is 0.278. The SMILES string of the molecule is CC(C)c1ccccc1SC(=O)CCC=C1CC1. The molecule has 1 saturated carbocycles. The maximum absolute atomic E-state index is 11.9. The van der Waals surface area contributed by atoms with Gasteiger partial charge in [0.05, 0.1) is 0 Å². The Balaban J connectivity index is 1.91. The Kier molecular flexibility index (Phi) is 4.65. The van der Waals surface area contributed by atoms with Crippen LogP contribution in [0.15, 0.2) is 40.8 Å². The third kappa shape index (κ3) is 4.02. The second-order valence-corrected chi connectivity index (χ2v) is 6.17. The fourth-order valence-corrected chi connectivity index (χ4v) is 2.93. The summed E-state index contributed by atoms with van der Waals surface area (Å²) in [7, 11) is 0. The van der Waals surface area contributed by atoms with Crippen LogP contribution in [0.5, 0.6) is 0 Å². The van der Waals surface area contributed by atoms with Crippen LogP contribution in [0, 0.1) is 0 Å². The van der Waals surface area contributed by atoms with Gasteiger partial charge in [-0.2, -0.15) is 0 Å². The van der Waals surface area contributed by atoms with E-state index in [1.807, 2.05) is 12.1 Å². The van der Waals surface area contributed by atoms with Crippen LogP contribution in [0.4, 0.5) is 0 Å². The van der Waals surface area contributed by atoms with Gasteiger partial charge in [0.15, 0.2) is 5.12 Å². The van der Waals surface area contributed by atoms with Gasteiger partial charge in [-0.15, -0.1) is 0 Å². The molecule has 1 aromatic carbocycles. The molecule has 0 spiro atoms. The molecule has 0 amide bonds. The third-order valence-corrected chi connectivity index (χ3v) is 4.11. The second-order valence-electron chi connectivity index (χ2n) is 5.07.